The summed E-state index contributed by atoms with van der Waals surface area (Å²) in [6, 6.07) is 10.7. The van der Waals surface area contributed by atoms with Crippen molar-refractivity contribution in [2.75, 3.05) is 0 Å². The molecule has 0 aliphatic heterocycles. The zero-order chi connectivity index (χ0) is 10.1. The van der Waals surface area contributed by atoms with E-state index in [9.17, 15) is 10.1 Å². The molecule has 0 atom stereocenters. The first kappa shape index (κ1) is 9.22. The Balaban J connectivity index is 2.84. The van der Waals surface area contributed by atoms with Crippen LogP contribution in [0.3, 0.4) is 0 Å². The van der Waals surface area contributed by atoms with E-state index in [1.54, 1.807) is 6.07 Å². The molecular formula is C10H6AsNO2. The number of fused-ring (bicyclic) bond motifs is 1. The van der Waals surface area contributed by atoms with Crippen molar-refractivity contribution in [2.45, 2.75) is 0 Å². The fourth-order valence-corrected chi connectivity index (χ4v) is 1.83. The second kappa shape index (κ2) is 3.43. The zero-order valence-corrected chi connectivity index (χ0v) is 9.05. The molecule has 2 radical (unpaired) electrons. The summed E-state index contributed by atoms with van der Waals surface area (Å²) < 4.78 is 0.972. The van der Waals surface area contributed by atoms with Crippen LogP contribution in [-0.2, 0) is 0 Å². The Morgan fingerprint density at radius 3 is 2.71 bits per heavy atom. The van der Waals surface area contributed by atoms with Crippen LogP contribution in [0.1, 0.15) is 0 Å². The summed E-state index contributed by atoms with van der Waals surface area (Å²) in [5.74, 6) is 0. The van der Waals surface area contributed by atoms with Crippen molar-refractivity contribution in [3.05, 3.63) is 46.5 Å². The van der Waals surface area contributed by atoms with Gasteiger partial charge in [-0.2, -0.15) is 0 Å². The number of nitrogens with zero attached hydrogens (tertiary/aromatic N) is 1. The molecule has 0 saturated heterocycles. The van der Waals surface area contributed by atoms with Crippen LogP contribution in [0.15, 0.2) is 36.4 Å². The fraction of sp³-hybridized carbons (Fsp3) is 0. The predicted molar refractivity (Wildman–Crippen MR) is 56.0 cm³/mol. The molecule has 3 nitrogen and oxygen atoms in total. The molecule has 2 aromatic rings. The van der Waals surface area contributed by atoms with Crippen LogP contribution in [0, 0.1) is 10.1 Å². The Morgan fingerprint density at radius 1 is 1.21 bits per heavy atom. The SMILES string of the molecule is O=[N+]([O-])c1cccc2ccc([As])cc12. The van der Waals surface area contributed by atoms with Crippen LogP contribution in [0.4, 0.5) is 5.69 Å². The van der Waals surface area contributed by atoms with Crippen LogP contribution < -0.4 is 4.35 Å². The van der Waals surface area contributed by atoms with Crippen molar-refractivity contribution >= 4 is 37.7 Å². The van der Waals surface area contributed by atoms with Crippen LogP contribution in [0.25, 0.3) is 10.8 Å². The molecule has 0 amide bonds. The number of benzene rings is 2. The van der Waals surface area contributed by atoms with Gasteiger partial charge in [0.1, 0.15) is 0 Å². The van der Waals surface area contributed by atoms with Crippen LogP contribution >= 0.6 is 0 Å². The van der Waals surface area contributed by atoms with Gasteiger partial charge in [0.05, 0.1) is 0 Å². The summed E-state index contributed by atoms with van der Waals surface area (Å²) >= 11 is 2.38. The van der Waals surface area contributed by atoms with E-state index >= 15 is 0 Å². The van der Waals surface area contributed by atoms with Crippen molar-refractivity contribution < 1.29 is 4.92 Å². The molecule has 0 saturated carbocycles. The Morgan fingerprint density at radius 2 is 2.00 bits per heavy atom. The molecule has 2 rings (SSSR count). The van der Waals surface area contributed by atoms with E-state index < -0.39 is 0 Å². The fourth-order valence-electron chi connectivity index (χ4n) is 1.40. The van der Waals surface area contributed by atoms with E-state index in [-0.39, 0.29) is 10.6 Å². The van der Waals surface area contributed by atoms with Crippen molar-refractivity contribution in [1.29, 1.82) is 0 Å². The second-order valence-corrected chi connectivity index (χ2v) is 4.02. The Kier molecular flexibility index (Phi) is 2.26. The summed E-state index contributed by atoms with van der Waals surface area (Å²) in [6.45, 7) is 0. The Bertz CT molecular complexity index is 510. The first-order chi connectivity index (χ1) is 6.68. The van der Waals surface area contributed by atoms with E-state index in [2.05, 4.69) is 16.9 Å². The van der Waals surface area contributed by atoms with Gasteiger partial charge in [-0.15, -0.1) is 0 Å². The molecule has 0 N–H and O–H groups in total. The van der Waals surface area contributed by atoms with Gasteiger partial charge < -0.3 is 0 Å². The van der Waals surface area contributed by atoms with Gasteiger partial charge in [-0.3, -0.25) is 0 Å². The summed E-state index contributed by atoms with van der Waals surface area (Å²) in [7, 11) is 0. The van der Waals surface area contributed by atoms with Gasteiger partial charge in [-0.1, -0.05) is 0 Å². The topological polar surface area (TPSA) is 43.1 Å². The molecule has 0 bridgehead atoms. The number of non-ortho nitro benzene ring substituents is 1. The van der Waals surface area contributed by atoms with Crippen LogP contribution in [-0.4, -0.2) is 21.8 Å². The van der Waals surface area contributed by atoms with Gasteiger partial charge in [0.2, 0.25) is 0 Å². The number of hydrogen-bond acceptors (Lipinski definition) is 2. The van der Waals surface area contributed by atoms with Gasteiger partial charge in [0, 0.05) is 0 Å². The van der Waals surface area contributed by atoms with E-state index in [1.807, 2.05) is 24.3 Å². The van der Waals surface area contributed by atoms with E-state index in [4.69, 9.17) is 0 Å². The van der Waals surface area contributed by atoms with Crippen molar-refractivity contribution in [3.63, 3.8) is 0 Å². The van der Waals surface area contributed by atoms with E-state index in [0.29, 0.717) is 5.39 Å². The molecule has 0 fully saturated rings. The molecule has 0 spiro atoms. The van der Waals surface area contributed by atoms with Crippen LogP contribution in [0.2, 0.25) is 0 Å². The predicted octanol–water partition coefficient (Wildman–Crippen LogP) is 1.54. The van der Waals surface area contributed by atoms with E-state index in [1.165, 1.54) is 6.07 Å². The first-order valence-electron chi connectivity index (χ1n) is 4.04. The third-order valence-electron chi connectivity index (χ3n) is 2.04. The second-order valence-electron chi connectivity index (χ2n) is 2.94. The zero-order valence-electron chi connectivity index (χ0n) is 7.18. The van der Waals surface area contributed by atoms with Gasteiger partial charge in [-0.05, 0) is 0 Å². The molecule has 4 heteroatoms. The summed E-state index contributed by atoms with van der Waals surface area (Å²) in [5, 5.41) is 12.3. The van der Waals surface area contributed by atoms with Crippen LogP contribution in [0.5, 0.6) is 0 Å². The number of nitro benzene ring substituents is 1. The molecule has 2 aromatic carbocycles. The molecule has 0 unspecified atom stereocenters. The maximum atomic E-state index is 10.7. The Labute approximate surface area is 89.4 Å². The van der Waals surface area contributed by atoms with Crippen molar-refractivity contribution in [1.82, 2.24) is 0 Å². The summed E-state index contributed by atoms with van der Waals surface area (Å²) in [5.41, 5.74) is 0.162. The van der Waals surface area contributed by atoms with Gasteiger partial charge in [-0.25, -0.2) is 0 Å². The third-order valence-corrected chi connectivity index (χ3v) is 2.62. The van der Waals surface area contributed by atoms with Gasteiger partial charge >= 0.3 is 89.1 Å². The number of rotatable bonds is 1. The number of hydrogen-bond donors (Lipinski definition) is 0. The minimum atomic E-state index is -0.352. The van der Waals surface area contributed by atoms with E-state index in [0.717, 1.165) is 9.74 Å². The Hall–Kier alpha value is -1.34. The summed E-state index contributed by atoms with van der Waals surface area (Å²) in [6.07, 6.45) is 0. The number of nitro groups is 1. The molecule has 0 heterocycles. The molecule has 0 aliphatic rings. The molecule has 0 aliphatic carbocycles. The third kappa shape index (κ3) is 1.51. The normalized spacial score (nSPS) is 10.4. The quantitative estimate of drug-likeness (QED) is 0.436. The molecule has 14 heavy (non-hydrogen) atoms. The molecule has 0 aromatic heterocycles. The average Bonchev–Trinajstić information content (AvgIpc) is 2.16. The van der Waals surface area contributed by atoms with Crippen molar-refractivity contribution in [3.8, 4) is 0 Å². The molecule has 68 valence electrons. The van der Waals surface area contributed by atoms with Crippen molar-refractivity contribution in [2.24, 2.45) is 0 Å². The first-order valence-corrected chi connectivity index (χ1v) is 4.98. The van der Waals surface area contributed by atoms with Gasteiger partial charge in [0.25, 0.3) is 0 Å². The summed E-state index contributed by atoms with van der Waals surface area (Å²) in [4.78, 5) is 10.4. The maximum absolute atomic E-state index is 10.7. The average molecular weight is 247 g/mol. The monoisotopic (exact) mass is 247 g/mol. The molecular weight excluding hydrogens is 241 g/mol. The van der Waals surface area contributed by atoms with Gasteiger partial charge in [0.15, 0.2) is 0 Å². The minimum absolute atomic E-state index is 0.162. The standard InChI is InChI=1S/C10H6AsNO2/c11-8-5-4-7-2-1-3-10(12(13)14)9(7)6-8/h1-6H.